The van der Waals surface area contributed by atoms with Crippen molar-refractivity contribution in [1.82, 2.24) is 30.5 Å². The van der Waals surface area contributed by atoms with Crippen LogP contribution in [0.15, 0.2) is 36.4 Å². The molecule has 2 heterocycles. The lowest BCUT2D eigenvalue weighted by molar-refractivity contribution is 0.0945. The fourth-order valence-electron chi connectivity index (χ4n) is 4.12. The highest BCUT2D eigenvalue weighted by Crippen LogP contribution is 2.29. The third kappa shape index (κ3) is 5.47. The van der Waals surface area contributed by atoms with E-state index in [0.717, 1.165) is 31.2 Å². The lowest BCUT2D eigenvalue weighted by Crippen LogP contribution is -2.24. The van der Waals surface area contributed by atoms with E-state index in [9.17, 15) is 15.0 Å². The molecule has 9 nitrogen and oxygen atoms in total. The van der Waals surface area contributed by atoms with Gasteiger partial charge in [0.1, 0.15) is 11.4 Å². The highest BCUT2D eigenvalue weighted by Gasteiger charge is 2.22. The number of aromatic nitrogens is 5. The van der Waals surface area contributed by atoms with E-state index in [1.54, 1.807) is 29.1 Å². The summed E-state index contributed by atoms with van der Waals surface area (Å²) in [6.07, 6.45) is 4.18. The van der Waals surface area contributed by atoms with Gasteiger partial charge in [0.05, 0.1) is 6.54 Å². The van der Waals surface area contributed by atoms with Crippen LogP contribution >= 0.6 is 0 Å². The number of aliphatic hydroxyl groups is 1. The molecule has 4 rings (SSSR count). The average molecular weight is 437 g/mol. The molecule has 3 N–H and O–H groups in total. The number of nitrogens with zero attached hydrogens (tertiary/aromatic N) is 5. The minimum absolute atomic E-state index is 0.156. The van der Waals surface area contributed by atoms with Gasteiger partial charge in [-0.2, -0.15) is 4.80 Å². The van der Waals surface area contributed by atoms with Crippen LogP contribution in [-0.2, 0) is 13.1 Å². The van der Waals surface area contributed by atoms with Crippen molar-refractivity contribution < 1.29 is 15.0 Å². The summed E-state index contributed by atoms with van der Waals surface area (Å²) >= 11 is 0. The van der Waals surface area contributed by atoms with Crippen LogP contribution in [0.25, 0.3) is 11.4 Å². The zero-order valence-electron chi connectivity index (χ0n) is 18.1. The van der Waals surface area contributed by atoms with Crippen molar-refractivity contribution in [3.8, 4) is 17.1 Å². The smallest absolute Gasteiger partial charge is 0.270 e. The molecule has 168 valence electrons. The molecule has 1 aliphatic rings. The molecule has 0 aliphatic heterocycles. The largest absolute Gasteiger partial charge is 0.508 e. The van der Waals surface area contributed by atoms with Gasteiger partial charge < -0.3 is 15.5 Å². The molecular weight excluding hydrogens is 408 g/mol. The van der Waals surface area contributed by atoms with Gasteiger partial charge in [-0.05, 0) is 79.5 Å². The number of nitrogens with one attached hydrogen (secondary N) is 1. The summed E-state index contributed by atoms with van der Waals surface area (Å²) < 4.78 is 0. The van der Waals surface area contributed by atoms with Gasteiger partial charge in [0.15, 0.2) is 0 Å². The summed E-state index contributed by atoms with van der Waals surface area (Å²) in [4.78, 5) is 18.6. The summed E-state index contributed by atoms with van der Waals surface area (Å²) in [5.41, 5.74) is 2.45. The van der Waals surface area contributed by atoms with Gasteiger partial charge in [0.2, 0.25) is 5.82 Å². The molecule has 0 radical (unpaired) electrons. The number of carbonyl (C=O) groups excluding carboxylic acids is 1. The van der Waals surface area contributed by atoms with E-state index in [1.807, 2.05) is 19.1 Å². The summed E-state index contributed by atoms with van der Waals surface area (Å²) in [7, 11) is 0. The van der Waals surface area contributed by atoms with Gasteiger partial charge in [-0.3, -0.25) is 4.79 Å². The number of rotatable bonds is 7. The third-order valence-corrected chi connectivity index (χ3v) is 5.91. The molecule has 9 heteroatoms. The molecule has 1 fully saturated rings. The maximum Gasteiger partial charge on any atom is 0.270 e. The van der Waals surface area contributed by atoms with Crippen LogP contribution in [0.3, 0.4) is 0 Å². The molecule has 1 amide bonds. The van der Waals surface area contributed by atoms with Crippen molar-refractivity contribution >= 4 is 5.91 Å². The molecule has 0 atom stereocenters. The Morgan fingerprint density at radius 1 is 1.16 bits per heavy atom. The predicted molar refractivity (Wildman–Crippen MR) is 118 cm³/mol. The first-order chi connectivity index (χ1) is 15.5. The molecule has 0 saturated heterocycles. The number of phenols is 1. The minimum atomic E-state index is -0.314. The molecule has 3 aromatic rings. The Bertz CT molecular complexity index is 1080. The summed E-state index contributed by atoms with van der Waals surface area (Å²) in [5, 5.41) is 34.6. The Balaban J connectivity index is 1.42. The number of aliphatic hydroxyl groups excluding tert-OH is 1. The van der Waals surface area contributed by atoms with Crippen molar-refractivity contribution in [1.29, 1.82) is 0 Å². The Morgan fingerprint density at radius 3 is 2.69 bits per heavy atom. The van der Waals surface area contributed by atoms with Gasteiger partial charge in [0.25, 0.3) is 5.91 Å². The Labute approximate surface area is 186 Å². The number of phenolic OH excluding ortho intramolecular Hbond substituents is 1. The van der Waals surface area contributed by atoms with E-state index < -0.39 is 0 Å². The van der Waals surface area contributed by atoms with Crippen LogP contribution in [0.4, 0.5) is 0 Å². The van der Waals surface area contributed by atoms with Crippen molar-refractivity contribution in [3.63, 3.8) is 0 Å². The standard InChI is InChI=1S/C23H28N6O3/c1-15-9-19(11-21(25-15)23(32)24-12-18-3-2-4-20(31)10-18)22-26-28-29(27-22)13-16-5-7-17(14-30)8-6-16/h2-4,9-11,16-17,30-31H,5-8,12-14H2,1H3,(H,24,32). The molecular formula is C23H28N6O3. The first-order valence-electron chi connectivity index (χ1n) is 10.9. The van der Waals surface area contributed by atoms with Crippen LogP contribution in [0.2, 0.25) is 0 Å². The minimum Gasteiger partial charge on any atom is -0.508 e. The number of aromatic hydroxyl groups is 1. The highest BCUT2D eigenvalue weighted by atomic mass is 16.3. The number of aryl methyl sites for hydroxylation is 1. The number of carbonyl (C=O) groups is 1. The quantitative estimate of drug-likeness (QED) is 0.519. The van der Waals surface area contributed by atoms with Crippen molar-refractivity contribution in [3.05, 3.63) is 53.3 Å². The maximum atomic E-state index is 12.6. The number of pyridine rings is 1. The molecule has 2 aromatic heterocycles. The van der Waals surface area contributed by atoms with Crippen molar-refractivity contribution in [2.45, 2.75) is 45.7 Å². The molecule has 1 saturated carbocycles. The number of hydrogen-bond acceptors (Lipinski definition) is 7. The average Bonchev–Trinajstić information content (AvgIpc) is 3.26. The van der Waals surface area contributed by atoms with Crippen LogP contribution < -0.4 is 5.32 Å². The van der Waals surface area contributed by atoms with E-state index in [2.05, 4.69) is 25.7 Å². The van der Waals surface area contributed by atoms with Gasteiger partial charge in [-0.1, -0.05) is 12.1 Å². The Hall–Kier alpha value is -3.33. The van der Waals surface area contributed by atoms with Crippen molar-refractivity contribution in [2.24, 2.45) is 11.8 Å². The fourth-order valence-corrected chi connectivity index (χ4v) is 4.12. The molecule has 32 heavy (non-hydrogen) atoms. The summed E-state index contributed by atoms with van der Waals surface area (Å²) in [6, 6.07) is 10.2. The first-order valence-corrected chi connectivity index (χ1v) is 10.9. The van der Waals surface area contributed by atoms with Crippen LogP contribution in [0, 0.1) is 18.8 Å². The second-order valence-corrected chi connectivity index (χ2v) is 8.47. The molecule has 0 unspecified atom stereocenters. The summed E-state index contributed by atoms with van der Waals surface area (Å²) in [5.74, 6) is 1.21. The number of tetrazole rings is 1. The number of amides is 1. The Morgan fingerprint density at radius 2 is 1.94 bits per heavy atom. The normalized spacial score (nSPS) is 18.4. The highest BCUT2D eigenvalue weighted by molar-refractivity contribution is 5.93. The van der Waals surface area contributed by atoms with Gasteiger partial charge in [0, 0.05) is 24.4 Å². The maximum absolute atomic E-state index is 12.6. The number of hydrogen-bond donors (Lipinski definition) is 3. The molecule has 1 aromatic carbocycles. The lowest BCUT2D eigenvalue weighted by atomic mass is 9.82. The molecule has 0 bridgehead atoms. The fraction of sp³-hybridized carbons (Fsp3) is 0.435. The van der Waals surface area contributed by atoms with E-state index >= 15 is 0 Å². The van der Waals surface area contributed by atoms with Gasteiger partial charge in [-0.15, -0.1) is 10.2 Å². The van der Waals surface area contributed by atoms with Crippen molar-refractivity contribution in [2.75, 3.05) is 6.61 Å². The molecule has 1 aliphatic carbocycles. The zero-order valence-corrected chi connectivity index (χ0v) is 18.1. The third-order valence-electron chi connectivity index (χ3n) is 5.91. The van der Waals surface area contributed by atoms with Gasteiger partial charge >= 0.3 is 0 Å². The van der Waals surface area contributed by atoms with Crippen LogP contribution in [-0.4, -0.2) is 47.9 Å². The van der Waals surface area contributed by atoms with Crippen LogP contribution in [0.5, 0.6) is 5.75 Å². The SMILES string of the molecule is Cc1cc(-c2nnn(CC3CCC(CO)CC3)n2)cc(C(=O)NCc2cccc(O)c2)n1. The van der Waals surface area contributed by atoms with Gasteiger partial charge in [-0.25, -0.2) is 4.98 Å². The first kappa shape index (κ1) is 21.9. The lowest BCUT2D eigenvalue weighted by Gasteiger charge is -2.26. The van der Waals surface area contributed by atoms with E-state index in [0.29, 0.717) is 35.5 Å². The predicted octanol–water partition coefficient (Wildman–Crippen LogP) is 2.48. The van der Waals surface area contributed by atoms with Crippen LogP contribution in [0.1, 0.15) is 47.4 Å². The second-order valence-electron chi connectivity index (χ2n) is 8.47. The van der Waals surface area contributed by atoms with E-state index in [4.69, 9.17) is 0 Å². The monoisotopic (exact) mass is 436 g/mol. The topological polar surface area (TPSA) is 126 Å². The van der Waals surface area contributed by atoms with E-state index in [1.165, 1.54) is 0 Å². The number of benzene rings is 1. The summed E-state index contributed by atoms with van der Waals surface area (Å²) in [6.45, 7) is 3.07. The Kier molecular flexibility index (Phi) is 6.75. The molecule has 0 spiro atoms. The zero-order chi connectivity index (χ0) is 22.5. The van der Waals surface area contributed by atoms with E-state index in [-0.39, 0.29) is 30.5 Å². The second kappa shape index (κ2) is 9.86.